The summed E-state index contributed by atoms with van der Waals surface area (Å²) < 4.78 is 0. The van der Waals surface area contributed by atoms with Gasteiger partial charge >= 0.3 is 0 Å². The third-order valence-electron chi connectivity index (χ3n) is 2.84. The van der Waals surface area contributed by atoms with E-state index in [0.29, 0.717) is 0 Å². The Balaban J connectivity index is 1.71. The number of benzene rings is 1. The van der Waals surface area contributed by atoms with Gasteiger partial charge in [0.1, 0.15) is 0 Å². The van der Waals surface area contributed by atoms with Crippen molar-refractivity contribution in [3.63, 3.8) is 0 Å². The van der Waals surface area contributed by atoms with E-state index < -0.39 is 0 Å². The highest BCUT2D eigenvalue weighted by Gasteiger charge is 2.06. The fraction of sp³-hybridized carbons (Fsp3) is 0.133. The van der Waals surface area contributed by atoms with Crippen LogP contribution < -0.4 is 0 Å². The molecule has 2 heterocycles. The second kappa shape index (κ2) is 5.88. The minimum absolute atomic E-state index is 0.781. The van der Waals surface area contributed by atoms with Crippen molar-refractivity contribution < 1.29 is 0 Å². The molecule has 1 aromatic carbocycles. The van der Waals surface area contributed by atoms with E-state index in [1.54, 1.807) is 18.0 Å². The maximum atomic E-state index is 4.29. The molecular weight excluding hydrogens is 268 g/mol. The Morgan fingerprint density at radius 2 is 2.05 bits per heavy atom. The molecule has 0 saturated heterocycles. The van der Waals surface area contributed by atoms with Crippen LogP contribution >= 0.6 is 11.8 Å². The molecule has 3 rings (SSSR count). The Labute approximate surface area is 121 Å². The molecular formula is C15H14N4S. The zero-order valence-electron chi connectivity index (χ0n) is 11.1. The van der Waals surface area contributed by atoms with E-state index in [1.807, 2.05) is 30.3 Å². The predicted octanol–water partition coefficient (Wildman–Crippen LogP) is 3.47. The van der Waals surface area contributed by atoms with Crippen LogP contribution in [-0.4, -0.2) is 20.2 Å². The SMILES string of the molecule is Cc1cccc(-c2nnc(SCc3ccccn3)[nH]2)c1. The number of thioether (sulfide) groups is 1. The lowest BCUT2D eigenvalue weighted by Crippen LogP contribution is -1.85. The van der Waals surface area contributed by atoms with Gasteiger partial charge in [0.05, 0.1) is 5.69 Å². The molecule has 5 heteroatoms. The zero-order valence-corrected chi connectivity index (χ0v) is 11.9. The summed E-state index contributed by atoms with van der Waals surface area (Å²) in [5.41, 5.74) is 3.30. The average Bonchev–Trinajstić information content (AvgIpc) is 2.95. The summed E-state index contributed by atoms with van der Waals surface area (Å²) in [6, 6.07) is 14.1. The summed E-state index contributed by atoms with van der Waals surface area (Å²) in [6.45, 7) is 2.07. The van der Waals surface area contributed by atoms with E-state index in [0.717, 1.165) is 28.0 Å². The van der Waals surface area contributed by atoms with E-state index in [2.05, 4.69) is 39.2 Å². The second-order valence-electron chi connectivity index (χ2n) is 4.46. The van der Waals surface area contributed by atoms with Crippen LogP contribution in [0, 0.1) is 6.92 Å². The smallest absolute Gasteiger partial charge is 0.189 e. The Morgan fingerprint density at radius 1 is 1.10 bits per heavy atom. The summed E-state index contributed by atoms with van der Waals surface area (Å²) in [4.78, 5) is 7.53. The fourth-order valence-electron chi connectivity index (χ4n) is 1.86. The van der Waals surface area contributed by atoms with Crippen molar-refractivity contribution in [2.75, 3.05) is 0 Å². The van der Waals surface area contributed by atoms with E-state index in [4.69, 9.17) is 0 Å². The number of rotatable bonds is 4. The molecule has 4 nitrogen and oxygen atoms in total. The van der Waals surface area contributed by atoms with Crippen molar-refractivity contribution in [3.05, 3.63) is 59.9 Å². The molecule has 0 unspecified atom stereocenters. The third-order valence-corrected chi connectivity index (χ3v) is 3.74. The molecule has 0 radical (unpaired) electrons. The van der Waals surface area contributed by atoms with Gasteiger partial charge in [-0.3, -0.25) is 4.98 Å². The molecule has 0 aliphatic rings. The molecule has 0 aliphatic carbocycles. The molecule has 0 amide bonds. The van der Waals surface area contributed by atoms with E-state index in [9.17, 15) is 0 Å². The number of hydrogen-bond acceptors (Lipinski definition) is 4. The van der Waals surface area contributed by atoms with Crippen LogP contribution in [-0.2, 0) is 5.75 Å². The van der Waals surface area contributed by atoms with E-state index in [-0.39, 0.29) is 0 Å². The maximum absolute atomic E-state index is 4.29. The number of aromatic amines is 1. The van der Waals surface area contributed by atoms with Crippen molar-refractivity contribution in [1.82, 2.24) is 20.2 Å². The number of pyridine rings is 1. The van der Waals surface area contributed by atoms with Crippen molar-refractivity contribution in [1.29, 1.82) is 0 Å². The summed E-state index contributed by atoms with van der Waals surface area (Å²) in [6.07, 6.45) is 1.80. The summed E-state index contributed by atoms with van der Waals surface area (Å²) in [5, 5.41) is 9.17. The highest BCUT2D eigenvalue weighted by atomic mass is 32.2. The Bertz CT molecular complexity index is 694. The van der Waals surface area contributed by atoms with Gasteiger partial charge in [0.2, 0.25) is 0 Å². The Kier molecular flexibility index (Phi) is 3.78. The first-order valence-electron chi connectivity index (χ1n) is 6.34. The van der Waals surface area contributed by atoms with Crippen LogP contribution in [0.4, 0.5) is 0 Å². The minimum atomic E-state index is 0.781. The van der Waals surface area contributed by atoms with Gasteiger partial charge in [0, 0.05) is 17.5 Å². The minimum Gasteiger partial charge on any atom is -0.316 e. The van der Waals surface area contributed by atoms with Gasteiger partial charge in [0.15, 0.2) is 11.0 Å². The fourth-order valence-corrected chi connectivity index (χ4v) is 2.58. The van der Waals surface area contributed by atoms with Crippen LogP contribution in [0.1, 0.15) is 11.3 Å². The number of hydrogen-bond donors (Lipinski definition) is 1. The van der Waals surface area contributed by atoms with Gasteiger partial charge in [-0.25, -0.2) is 0 Å². The van der Waals surface area contributed by atoms with Gasteiger partial charge in [0.25, 0.3) is 0 Å². The molecule has 0 bridgehead atoms. The van der Waals surface area contributed by atoms with Crippen LogP contribution in [0.15, 0.2) is 53.8 Å². The van der Waals surface area contributed by atoms with Crippen molar-refractivity contribution in [3.8, 4) is 11.4 Å². The van der Waals surface area contributed by atoms with Crippen LogP contribution in [0.5, 0.6) is 0 Å². The zero-order chi connectivity index (χ0) is 13.8. The summed E-state index contributed by atoms with van der Waals surface area (Å²) in [5.74, 6) is 1.58. The van der Waals surface area contributed by atoms with Crippen molar-refractivity contribution >= 4 is 11.8 Å². The van der Waals surface area contributed by atoms with Gasteiger partial charge in [-0.1, -0.05) is 41.6 Å². The lowest BCUT2D eigenvalue weighted by atomic mass is 10.1. The number of nitrogens with one attached hydrogen (secondary N) is 1. The third kappa shape index (κ3) is 3.05. The van der Waals surface area contributed by atoms with E-state index in [1.165, 1.54) is 5.56 Å². The van der Waals surface area contributed by atoms with Gasteiger partial charge in [-0.2, -0.15) is 0 Å². The second-order valence-corrected chi connectivity index (χ2v) is 5.42. The van der Waals surface area contributed by atoms with Gasteiger partial charge in [-0.15, -0.1) is 10.2 Å². The molecule has 1 N–H and O–H groups in total. The van der Waals surface area contributed by atoms with Crippen LogP contribution in [0.2, 0.25) is 0 Å². The predicted molar refractivity (Wildman–Crippen MR) is 80.4 cm³/mol. The topological polar surface area (TPSA) is 54.5 Å². The maximum Gasteiger partial charge on any atom is 0.189 e. The number of aryl methyl sites for hydroxylation is 1. The highest BCUT2D eigenvalue weighted by molar-refractivity contribution is 7.98. The summed E-state index contributed by atoms with van der Waals surface area (Å²) >= 11 is 1.60. The molecule has 0 fully saturated rings. The van der Waals surface area contributed by atoms with E-state index >= 15 is 0 Å². The summed E-state index contributed by atoms with van der Waals surface area (Å²) in [7, 11) is 0. The first kappa shape index (κ1) is 12.9. The number of aromatic nitrogens is 4. The van der Waals surface area contributed by atoms with Crippen molar-refractivity contribution in [2.24, 2.45) is 0 Å². The van der Waals surface area contributed by atoms with Crippen molar-refractivity contribution in [2.45, 2.75) is 17.8 Å². The van der Waals surface area contributed by atoms with Crippen LogP contribution in [0.25, 0.3) is 11.4 Å². The number of nitrogens with zero attached hydrogens (tertiary/aromatic N) is 3. The number of H-pyrrole nitrogens is 1. The average molecular weight is 282 g/mol. The first-order valence-corrected chi connectivity index (χ1v) is 7.32. The molecule has 0 spiro atoms. The molecule has 100 valence electrons. The van der Waals surface area contributed by atoms with Crippen LogP contribution in [0.3, 0.4) is 0 Å². The Hall–Kier alpha value is -2.14. The molecule has 0 aliphatic heterocycles. The molecule has 2 aromatic heterocycles. The molecule has 0 atom stereocenters. The Morgan fingerprint density at radius 3 is 2.85 bits per heavy atom. The quantitative estimate of drug-likeness (QED) is 0.744. The molecule has 0 saturated carbocycles. The standard InChI is InChI=1S/C15H14N4S/c1-11-5-4-6-12(9-11)14-17-15(19-18-14)20-10-13-7-2-3-8-16-13/h2-9H,10H2,1H3,(H,17,18,19). The molecule has 3 aromatic rings. The lowest BCUT2D eigenvalue weighted by Gasteiger charge is -1.98. The lowest BCUT2D eigenvalue weighted by molar-refractivity contribution is 0.971. The van der Waals surface area contributed by atoms with Gasteiger partial charge < -0.3 is 4.98 Å². The largest absolute Gasteiger partial charge is 0.316 e. The molecule has 20 heavy (non-hydrogen) atoms. The van der Waals surface area contributed by atoms with Gasteiger partial charge in [-0.05, 0) is 25.1 Å². The monoisotopic (exact) mass is 282 g/mol. The normalized spacial score (nSPS) is 10.7. The highest BCUT2D eigenvalue weighted by Crippen LogP contribution is 2.22. The first-order chi connectivity index (χ1) is 9.81.